The Kier molecular flexibility index (Phi) is 8.08. The van der Waals surface area contributed by atoms with Crippen LogP contribution in [0.5, 0.6) is 0 Å². The maximum Gasteiger partial charge on any atom is 0.330 e. The van der Waals surface area contributed by atoms with Gasteiger partial charge in [0.25, 0.3) is 0 Å². The fourth-order valence-corrected chi connectivity index (χ4v) is 1.15. The Morgan fingerprint density at radius 1 is 1.11 bits per heavy atom. The van der Waals surface area contributed by atoms with Gasteiger partial charge >= 0.3 is 11.9 Å². The van der Waals surface area contributed by atoms with Gasteiger partial charge in [-0.2, -0.15) is 0 Å². The van der Waals surface area contributed by atoms with Crippen molar-refractivity contribution in [2.24, 2.45) is 5.41 Å². The van der Waals surface area contributed by atoms with Crippen molar-refractivity contribution in [3.05, 3.63) is 12.7 Å². The molecule has 0 N–H and O–H groups in total. The van der Waals surface area contributed by atoms with Gasteiger partial charge in [0.1, 0.15) is 0 Å². The minimum Gasteiger partial charge on any atom is -0.465 e. The molecule has 0 aliphatic heterocycles. The number of carbonyl (C=O) groups excluding carboxylic acids is 2. The Labute approximate surface area is 109 Å². The second kappa shape index (κ2) is 8.72. The van der Waals surface area contributed by atoms with Crippen molar-refractivity contribution >= 4 is 11.9 Å². The second-order valence-electron chi connectivity index (χ2n) is 5.40. The number of rotatable bonds is 8. The van der Waals surface area contributed by atoms with Crippen molar-refractivity contribution < 1.29 is 19.1 Å². The molecule has 0 heterocycles. The lowest BCUT2D eigenvalue weighted by Gasteiger charge is -2.17. The Morgan fingerprint density at radius 2 is 1.78 bits per heavy atom. The Balaban J connectivity index is 3.41. The fourth-order valence-electron chi connectivity index (χ4n) is 1.15. The quantitative estimate of drug-likeness (QED) is 0.380. The van der Waals surface area contributed by atoms with Gasteiger partial charge in [0.05, 0.1) is 13.2 Å². The third-order valence-electron chi connectivity index (χ3n) is 2.10. The van der Waals surface area contributed by atoms with E-state index in [1.54, 1.807) is 0 Å². The van der Waals surface area contributed by atoms with E-state index in [0.717, 1.165) is 25.3 Å². The highest BCUT2D eigenvalue weighted by Gasteiger charge is 2.13. The van der Waals surface area contributed by atoms with Crippen LogP contribution in [0.1, 0.15) is 46.5 Å². The zero-order valence-electron chi connectivity index (χ0n) is 11.7. The van der Waals surface area contributed by atoms with Crippen molar-refractivity contribution in [2.75, 3.05) is 13.2 Å². The van der Waals surface area contributed by atoms with Crippen LogP contribution < -0.4 is 0 Å². The molecule has 0 saturated heterocycles. The van der Waals surface area contributed by atoms with E-state index < -0.39 is 5.97 Å². The van der Waals surface area contributed by atoms with Crippen LogP contribution in [-0.4, -0.2) is 25.2 Å². The molecule has 18 heavy (non-hydrogen) atoms. The molecule has 0 fully saturated rings. The van der Waals surface area contributed by atoms with Crippen LogP contribution >= 0.6 is 0 Å². The molecule has 0 aromatic heterocycles. The van der Waals surface area contributed by atoms with Crippen LogP contribution in [0.15, 0.2) is 12.7 Å². The van der Waals surface area contributed by atoms with Crippen LogP contribution in [0.3, 0.4) is 0 Å². The smallest absolute Gasteiger partial charge is 0.330 e. The molecule has 0 atom stereocenters. The van der Waals surface area contributed by atoms with Crippen molar-refractivity contribution in [3.63, 3.8) is 0 Å². The minimum absolute atomic E-state index is 0.00848. The molecule has 0 aliphatic rings. The van der Waals surface area contributed by atoms with Crippen LogP contribution in [0.25, 0.3) is 0 Å². The maximum atomic E-state index is 11.4. The molecule has 4 nitrogen and oxygen atoms in total. The SMILES string of the molecule is C=CC(=O)OCCCCCC(=O)OCC(C)(C)C. The maximum absolute atomic E-state index is 11.4. The number of hydrogen-bond acceptors (Lipinski definition) is 4. The molecule has 0 aromatic carbocycles. The predicted molar refractivity (Wildman–Crippen MR) is 70.0 cm³/mol. The van der Waals surface area contributed by atoms with E-state index in [0.29, 0.717) is 19.6 Å². The summed E-state index contributed by atoms with van der Waals surface area (Å²) in [6, 6.07) is 0. The van der Waals surface area contributed by atoms with E-state index in [9.17, 15) is 9.59 Å². The summed E-state index contributed by atoms with van der Waals surface area (Å²) in [6.07, 6.45) is 3.92. The van der Waals surface area contributed by atoms with Gasteiger partial charge in [-0.25, -0.2) is 4.79 Å². The Hall–Kier alpha value is -1.32. The van der Waals surface area contributed by atoms with Crippen LogP contribution in [0, 0.1) is 5.41 Å². The highest BCUT2D eigenvalue weighted by molar-refractivity contribution is 5.81. The van der Waals surface area contributed by atoms with Crippen LogP contribution in [0.2, 0.25) is 0 Å². The molecule has 0 aromatic rings. The summed E-state index contributed by atoms with van der Waals surface area (Å²) in [7, 11) is 0. The topological polar surface area (TPSA) is 52.6 Å². The zero-order chi connectivity index (χ0) is 14.0. The molecule has 0 saturated carbocycles. The Morgan fingerprint density at radius 3 is 2.33 bits per heavy atom. The summed E-state index contributed by atoms with van der Waals surface area (Å²) in [4.78, 5) is 22.1. The summed E-state index contributed by atoms with van der Waals surface area (Å²) in [5.74, 6) is -0.562. The first-order valence-corrected chi connectivity index (χ1v) is 6.30. The largest absolute Gasteiger partial charge is 0.465 e. The summed E-state index contributed by atoms with van der Waals surface area (Å²) >= 11 is 0. The molecular weight excluding hydrogens is 232 g/mol. The van der Waals surface area contributed by atoms with Gasteiger partial charge in [-0.15, -0.1) is 0 Å². The normalized spacial score (nSPS) is 10.8. The van der Waals surface area contributed by atoms with Gasteiger partial charge in [0.2, 0.25) is 0 Å². The number of unbranched alkanes of at least 4 members (excludes halogenated alkanes) is 2. The van der Waals surface area contributed by atoms with Crippen molar-refractivity contribution in [2.45, 2.75) is 46.5 Å². The van der Waals surface area contributed by atoms with E-state index in [1.807, 2.05) is 20.8 Å². The van der Waals surface area contributed by atoms with Crippen molar-refractivity contribution in [3.8, 4) is 0 Å². The summed E-state index contributed by atoms with van der Waals surface area (Å²) in [6.45, 7) is 10.2. The molecule has 0 rings (SSSR count). The summed E-state index contributed by atoms with van der Waals surface area (Å²) in [5, 5.41) is 0. The standard InChI is InChI=1S/C14H24O4/c1-5-12(15)17-10-8-6-7-9-13(16)18-11-14(2,3)4/h5H,1,6-11H2,2-4H3. The van der Waals surface area contributed by atoms with Crippen molar-refractivity contribution in [1.29, 1.82) is 0 Å². The summed E-state index contributed by atoms with van der Waals surface area (Å²) < 4.78 is 9.95. The highest BCUT2D eigenvalue weighted by atomic mass is 16.5. The van der Waals surface area contributed by atoms with E-state index in [1.165, 1.54) is 0 Å². The Bertz CT molecular complexity index is 276. The first kappa shape index (κ1) is 16.7. The molecule has 0 amide bonds. The molecule has 0 aliphatic carbocycles. The predicted octanol–water partition coefficient (Wildman–Crippen LogP) is 2.87. The molecule has 0 spiro atoms. The number of esters is 2. The van der Waals surface area contributed by atoms with E-state index >= 15 is 0 Å². The van der Waals surface area contributed by atoms with E-state index in [-0.39, 0.29) is 11.4 Å². The average molecular weight is 256 g/mol. The van der Waals surface area contributed by atoms with Gasteiger partial charge in [-0.05, 0) is 24.7 Å². The third kappa shape index (κ3) is 11.2. The van der Waals surface area contributed by atoms with Crippen LogP contribution in [0.4, 0.5) is 0 Å². The van der Waals surface area contributed by atoms with E-state index in [4.69, 9.17) is 9.47 Å². The lowest BCUT2D eigenvalue weighted by molar-refractivity contribution is -0.146. The zero-order valence-corrected chi connectivity index (χ0v) is 11.7. The molecule has 0 radical (unpaired) electrons. The van der Waals surface area contributed by atoms with Gasteiger partial charge in [0, 0.05) is 12.5 Å². The monoisotopic (exact) mass is 256 g/mol. The highest BCUT2D eigenvalue weighted by Crippen LogP contribution is 2.13. The summed E-state index contributed by atoms with van der Waals surface area (Å²) in [5.41, 5.74) is 0.00848. The first-order valence-electron chi connectivity index (χ1n) is 6.30. The van der Waals surface area contributed by atoms with E-state index in [2.05, 4.69) is 6.58 Å². The lowest BCUT2D eigenvalue weighted by Crippen LogP contribution is -2.18. The molecular formula is C14H24O4. The van der Waals surface area contributed by atoms with Crippen molar-refractivity contribution in [1.82, 2.24) is 0 Å². The third-order valence-corrected chi connectivity index (χ3v) is 2.10. The van der Waals surface area contributed by atoms with Gasteiger partial charge < -0.3 is 9.47 Å². The minimum atomic E-state index is -0.403. The molecule has 0 bridgehead atoms. The van der Waals surface area contributed by atoms with Crippen LogP contribution in [-0.2, 0) is 19.1 Å². The number of ether oxygens (including phenoxy) is 2. The van der Waals surface area contributed by atoms with Gasteiger partial charge in [0.15, 0.2) is 0 Å². The molecule has 0 unspecified atom stereocenters. The second-order valence-corrected chi connectivity index (χ2v) is 5.40. The lowest BCUT2D eigenvalue weighted by atomic mass is 9.99. The molecule has 104 valence electrons. The fraction of sp³-hybridized carbons (Fsp3) is 0.714. The number of carbonyl (C=O) groups is 2. The van der Waals surface area contributed by atoms with Gasteiger partial charge in [-0.1, -0.05) is 27.4 Å². The van der Waals surface area contributed by atoms with Gasteiger partial charge in [-0.3, -0.25) is 4.79 Å². The molecule has 4 heteroatoms. The first-order chi connectivity index (χ1) is 8.35. The number of hydrogen-bond donors (Lipinski definition) is 0. The average Bonchev–Trinajstić information content (AvgIpc) is 2.29.